The van der Waals surface area contributed by atoms with Crippen LogP contribution in [0, 0.1) is 13.8 Å². The van der Waals surface area contributed by atoms with Crippen molar-refractivity contribution in [3.8, 4) is 0 Å². The molecule has 0 aliphatic heterocycles. The minimum absolute atomic E-state index is 0.532. The molecular weight excluding hydrogens is 162 g/mol. The van der Waals surface area contributed by atoms with Crippen molar-refractivity contribution in [1.29, 1.82) is 0 Å². The van der Waals surface area contributed by atoms with Gasteiger partial charge in [-0.25, -0.2) is 9.97 Å². The van der Waals surface area contributed by atoms with Gasteiger partial charge in [0.2, 0.25) is 0 Å². The minimum Gasteiger partial charge on any atom is -0.326 e. The summed E-state index contributed by atoms with van der Waals surface area (Å²) in [4.78, 5) is 8.81. The first-order chi connectivity index (χ1) is 6.19. The Morgan fingerprint density at radius 3 is 2.08 bits per heavy atom. The zero-order valence-electron chi connectivity index (χ0n) is 8.59. The van der Waals surface area contributed by atoms with Crippen molar-refractivity contribution in [2.24, 2.45) is 5.73 Å². The maximum absolute atomic E-state index is 5.60. The number of hydrogen-bond donors (Lipinski definition) is 1. The largest absolute Gasteiger partial charge is 0.326 e. The van der Waals surface area contributed by atoms with E-state index in [1.165, 1.54) is 0 Å². The summed E-state index contributed by atoms with van der Waals surface area (Å²) >= 11 is 0. The Bertz CT molecular complexity index is 271. The fourth-order valence-corrected chi connectivity index (χ4v) is 1.44. The van der Waals surface area contributed by atoms with Gasteiger partial charge in [-0.3, -0.25) is 0 Å². The first kappa shape index (κ1) is 10.1. The second-order valence-corrected chi connectivity index (χ2v) is 3.24. The summed E-state index contributed by atoms with van der Waals surface area (Å²) in [6.07, 6.45) is 2.04. The summed E-state index contributed by atoms with van der Waals surface area (Å²) in [5.74, 6) is 0.940. The second kappa shape index (κ2) is 4.33. The van der Waals surface area contributed by atoms with Crippen LogP contribution in [0.25, 0.3) is 0 Å². The summed E-state index contributed by atoms with van der Waals surface area (Å²) in [6, 6.07) is 0. The van der Waals surface area contributed by atoms with Crippen LogP contribution in [-0.2, 0) is 13.0 Å². The van der Waals surface area contributed by atoms with E-state index in [1.54, 1.807) is 0 Å². The molecule has 0 saturated carbocycles. The number of nitrogens with two attached hydrogens (primary N) is 1. The van der Waals surface area contributed by atoms with E-state index in [0.717, 1.165) is 35.6 Å². The van der Waals surface area contributed by atoms with Gasteiger partial charge in [0.25, 0.3) is 0 Å². The van der Waals surface area contributed by atoms with Gasteiger partial charge in [0, 0.05) is 29.9 Å². The van der Waals surface area contributed by atoms with E-state index in [1.807, 2.05) is 13.8 Å². The molecule has 0 radical (unpaired) electrons. The van der Waals surface area contributed by atoms with Crippen LogP contribution in [-0.4, -0.2) is 9.97 Å². The predicted molar refractivity (Wildman–Crippen MR) is 53.4 cm³/mol. The smallest absolute Gasteiger partial charge is 0.128 e. The molecule has 1 aromatic rings. The Labute approximate surface area is 79.4 Å². The van der Waals surface area contributed by atoms with Crippen LogP contribution in [0.1, 0.15) is 36.1 Å². The Hall–Kier alpha value is -0.960. The van der Waals surface area contributed by atoms with Crippen LogP contribution < -0.4 is 5.73 Å². The molecule has 1 heterocycles. The van der Waals surface area contributed by atoms with Crippen molar-refractivity contribution >= 4 is 0 Å². The van der Waals surface area contributed by atoms with E-state index in [-0.39, 0.29) is 0 Å². The van der Waals surface area contributed by atoms with Gasteiger partial charge in [0.1, 0.15) is 5.82 Å². The molecule has 0 amide bonds. The zero-order valence-corrected chi connectivity index (χ0v) is 8.59. The highest BCUT2D eigenvalue weighted by Gasteiger charge is 2.05. The Kier molecular flexibility index (Phi) is 3.37. The van der Waals surface area contributed by atoms with Crippen LogP contribution in [0.2, 0.25) is 0 Å². The summed E-state index contributed by atoms with van der Waals surface area (Å²) in [6.45, 7) is 6.65. The lowest BCUT2D eigenvalue weighted by atomic mass is 10.1. The Morgan fingerprint density at radius 2 is 1.69 bits per heavy atom. The molecule has 0 atom stereocenters. The normalized spacial score (nSPS) is 10.5. The predicted octanol–water partition coefficient (Wildman–Crippen LogP) is 1.50. The number of rotatable bonds is 3. The van der Waals surface area contributed by atoms with Crippen LogP contribution >= 0.6 is 0 Å². The van der Waals surface area contributed by atoms with Gasteiger partial charge in [-0.05, 0) is 20.3 Å². The molecule has 0 fully saturated rings. The highest BCUT2D eigenvalue weighted by molar-refractivity contribution is 5.23. The molecular formula is C10H17N3. The first-order valence-corrected chi connectivity index (χ1v) is 4.72. The van der Waals surface area contributed by atoms with Gasteiger partial charge in [-0.1, -0.05) is 6.92 Å². The average Bonchev–Trinajstić information content (AvgIpc) is 2.04. The van der Waals surface area contributed by atoms with Gasteiger partial charge in [0.15, 0.2) is 0 Å². The fourth-order valence-electron chi connectivity index (χ4n) is 1.44. The van der Waals surface area contributed by atoms with E-state index in [0.29, 0.717) is 6.54 Å². The summed E-state index contributed by atoms with van der Waals surface area (Å²) < 4.78 is 0. The molecule has 2 N–H and O–H groups in total. The third-order valence-electron chi connectivity index (χ3n) is 2.14. The molecule has 0 spiro atoms. The van der Waals surface area contributed by atoms with Crippen LogP contribution in [0.5, 0.6) is 0 Å². The van der Waals surface area contributed by atoms with Crippen molar-refractivity contribution in [1.82, 2.24) is 9.97 Å². The van der Waals surface area contributed by atoms with Gasteiger partial charge in [-0.2, -0.15) is 0 Å². The molecule has 3 heteroatoms. The molecule has 0 saturated heterocycles. The third kappa shape index (κ3) is 2.25. The number of hydrogen-bond acceptors (Lipinski definition) is 3. The molecule has 0 aromatic carbocycles. The molecule has 13 heavy (non-hydrogen) atoms. The highest BCUT2D eigenvalue weighted by Crippen LogP contribution is 2.09. The molecule has 3 nitrogen and oxygen atoms in total. The maximum atomic E-state index is 5.60. The first-order valence-electron chi connectivity index (χ1n) is 4.72. The number of nitrogens with zero attached hydrogens (tertiary/aromatic N) is 2. The summed E-state index contributed by atoms with van der Waals surface area (Å²) in [5, 5.41) is 0. The van der Waals surface area contributed by atoms with Crippen molar-refractivity contribution in [2.75, 3.05) is 0 Å². The van der Waals surface area contributed by atoms with E-state index in [2.05, 4.69) is 16.9 Å². The number of aromatic nitrogens is 2. The molecule has 0 aliphatic rings. The van der Waals surface area contributed by atoms with Gasteiger partial charge >= 0.3 is 0 Å². The Balaban J connectivity index is 3.05. The van der Waals surface area contributed by atoms with Crippen LogP contribution in [0.3, 0.4) is 0 Å². The summed E-state index contributed by atoms with van der Waals surface area (Å²) in [5.41, 5.74) is 8.73. The van der Waals surface area contributed by atoms with Crippen LogP contribution in [0.4, 0.5) is 0 Å². The van der Waals surface area contributed by atoms with E-state index < -0.39 is 0 Å². The highest BCUT2D eigenvalue weighted by atomic mass is 14.9. The van der Waals surface area contributed by atoms with Gasteiger partial charge in [-0.15, -0.1) is 0 Å². The lowest BCUT2D eigenvalue weighted by Gasteiger charge is -2.07. The van der Waals surface area contributed by atoms with Gasteiger partial charge < -0.3 is 5.73 Å². The standard InChI is InChI=1S/C10H17N3/c1-4-5-10-12-7(2)9(6-11)8(3)13-10/h4-6,11H2,1-3H3. The van der Waals surface area contributed by atoms with Crippen molar-refractivity contribution < 1.29 is 0 Å². The van der Waals surface area contributed by atoms with Crippen molar-refractivity contribution in [2.45, 2.75) is 40.2 Å². The maximum Gasteiger partial charge on any atom is 0.128 e. The SMILES string of the molecule is CCCc1nc(C)c(CN)c(C)n1. The Morgan fingerprint density at radius 1 is 1.15 bits per heavy atom. The van der Waals surface area contributed by atoms with Gasteiger partial charge in [0.05, 0.1) is 0 Å². The molecule has 72 valence electrons. The lowest BCUT2D eigenvalue weighted by molar-refractivity contribution is 0.797. The topological polar surface area (TPSA) is 51.8 Å². The van der Waals surface area contributed by atoms with Crippen LogP contribution in [0.15, 0.2) is 0 Å². The monoisotopic (exact) mass is 179 g/mol. The van der Waals surface area contributed by atoms with E-state index >= 15 is 0 Å². The third-order valence-corrected chi connectivity index (χ3v) is 2.14. The van der Waals surface area contributed by atoms with Crippen molar-refractivity contribution in [3.63, 3.8) is 0 Å². The van der Waals surface area contributed by atoms with E-state index in [4.69, 9.17) is 5.73 Å². The summed E-state index contributed by atoms with van der Waals surface area (Å²) in [7, 11) is 0. The molecule has 1 aromatic heterocycles. The van der Waals surface area contributed by atoms with Crippen molar-refractivity contribution in [3.05, 3.63) is 22.8 Å². The quantitative estimate of drug-likeness (QED) is 0.765. The average molecular weight is 179 g/mol. The fraction of sp³-hybridized carbons (Fsp3) is 0.600. The zero-order chi connectivity index (χ0) is 9.84. The minimum atomic E-state index is 0.532. The lowest BCUT2D eigenvalue weighted by Crippen LogP contribution is -2.08. The van der Waals surface area contributed by atoms with E-state index in [9.17, 15) is 0 Å². The molecule has 1 rings (SSSR count). The molecule has 0 bridgehead atoms. The molecule has 0 unspecified atom stereocenters. The number of aryl methyl sites for hydroxylation is 3. The molecule has 0 aliphatic carbocycles. The second-order valence-electron chi connectivity index (χ2n) is 3.24.